The number of pyridine rings is 1. The molecule has 2 heterocycles. The number of hydrogen-bond acceptors (Lipinski definition) is 4. The summed E-state index contributed by atoms with van der Waals surface area (Å²) in [6.07, 6.45) is 1.16. The van der Waals surface area contributed by atoms with Crippen molar-refractivity contribution in [1.82, 2.24) is 15.0 Å². The van der Waals surface area contributed by atoms with Gasteiger partial charge in [0, 0.05) is 17.1 Å². The first-order valence-corrected chi connectivity index (χ1v) is 5.26. The van der Waals surface area contributed by atoms with Gasteiger partial charge in [-0.25, -0.2) is 14.4 Å². The Morgan fingerprint density at radius 3 is 2.29 bits per heavy atom. The molecule has 0 atom stereocenters. The summed E-state index contributed by atoms with van der Waals surface area (Å²) in [5, 5.41) is 3.02. The largest absolute Gasteiger partial charge is 0.324 e. The topological polar surface area (TPSA) is 50.7 Å². The Kier molecular flexibility index (Phi) is 2.99. The number of halogens is 1. The first kappa shape index (κ1) is 11.4. The normalized spacial score (nSPS) is 10.4. The molecule has 0 fully saturated rings. The second-order valence-electron chi connectivity index (χ2n) is 3.89. The summed E-state index contributed by atoms with van der Waals surface area (Å²) in [5.74, 6) is -0.0217. The molecule has 0 aromatic carbocycles. The van der Waals surface area contributed by atoms with E-state index in [1.807, 2.05) is 26.0 Å². The van der Waals surface area contributed by atoms with Gasteiger partial charge >= 0.3 is 0 Å². The number of hydrogen-bond donors (Lipinski definition) is 1. The van der Waals surface area contributed by atoms with Crippen LogP contribution in [0.1, 0.15) is 17.1 Å². The molecule has 2 aromatic heterocycles. The molecule has 0 saturated heterocycles. The molecular weight excluding hydrogens is 219 g/mol. The molecule has 17 heavy (non-hydrogen) atoms. The maximum Gasteiger partial charge on any atom is 0.227 e. The molecule has 0 bridgehead atoms. The Bertz CT molecular complexity index is 534. The summed E-state index contributed by atoms with van der Waals surface area (Å²) in [6.45, 7) is 5.43. The number of rotatable bonds is 2. The maximum absolute atomic E-state index is 13.0. The fraction of sp³-hybridized carbons (Fsp3) is 0.250. The van der Waals surface area contributed by atoms with Crippen LogP contribution in [-0.2, 0) is 0 Å². The van der Waals surface area contributed by atoms with Crippen LogP contribution in [0, 0.1) is 26.6 Å². The van der Waals surface area contributed by atoms with Crippen LogP contribution in [-0.4, -0.2) is 15.0 Å². The predicted molar refractivity (Wildman–Crippen MR) is 63.7 cm³/mol. The molecule has 0 aliphatic heterocycles. The highest BCUT2D eigenvalue weighted by molar-refractivity contribution is 5.54. The van der Waals surface area contributed by atoms with Gasteiger partial charge in [-0.1, -0.05) is 0 Å². The predicted octanol–water partition coefficient (Wildman–Crippen LogP) is 2.68. The van der Waals surface area contributed by atoms with E-state index in [2.05, 4.69) is 20.3 Å². The van der Waals surface area contributed by atoms with Crippen LogP contribution in [0.4, 0.5) is 16.0 Å². The molecule has 0 unspecified atom stereocenters. The molecule has 0 aliphatic carbocycles. The standard InChI is InChI=1S/C12H13FN4/c1-7-4-10(5-8(2)15-7)17-12-14-6-11(13)9(3)16-12/h4-6H,1-3H3,(H,14,15,16,17). The second kappa shape index (κ2) is 4.45. The zero-order valence-corrected chi connectivity index (χ0v) is 9.95. The van der Waals surface area contributed by atoms with Crippen molar-refractivity contribution >= 4 is 11.6 Å². The SMILES string of the molecule is Cc1cc(Nc2ncc(F)c(C)n2)cc(C)n1. The number of nitrogens with one attached hydrogen (secondary N) is 1. The first-order chi connectivity index (χ1) is 8.04. The molecule has 1 N–H and O–H groups in total. The van der Waals surface area contributed by atoms with E-state index >= 15 is 0 Å². The van der Waals surface area contributed by atoms with Gasteiger partial charge in [-0.3, -0.25) is 4.98 Å². The highest BCUT2D eigenvalue weighted by atomic mass is 19.1. The molecule has 0 radical (unpaired) electrons. The lowest BCUT2D eigenvalue weighted by atomic mass is 10.3. The zero-order valence-electron chi connectivity index (χ0n) is 9.95. The van der Waals surface area contributed by atoms with E-state index in [9.17, 15) is 4.39 Å². The van der Waals surface area contributed by atoms with E-state index in [0.29, 0.717) is 11.6 Å². The van der Waals surface area contributed by atoms with Crippen molar-refractivity contribution in [3.8, 4) is 0 Å². The van der Waals surface area contributed by atoms with E-state index in [4.69, 9.17) is 0 Å². The van der Waals surface area contributed by atoms with Crippen molar-refractivity contribution in [2.24, 2.45) is 0 Å². The number of nitrogens with zero attached hydrogens (tertiary/aromatic N) is 3. The van der Waals surface area contributed by atoms with Crippen LogP contribution < -0.4 is 5.32 Å². The van der Waals surface area contributed by atoms with Gasteiger partial charge in [0.15, 0.2) is 5.82 Å². The van der Waals surface area contributed by atoms with Crippen LogP contribution in [0.25, 0.3) is 0 Å². The Morgan fingerprint density at radius 2 is 1.71 bits per heavy atom. The average Bonchev–Trinajstić information content (AvgIpc) is 2.22. The Labute approximate surface area is 99.0 Å². The summed E-state index contributed by atoms with van der Waals surface area (Å²) in [7, 11) is 0. The van der Waals surface area contributed by atoms with Gasteiger partial charge in [0.1, 0.15) is 0 Å². The quantitative estimate of drug-likeness (QED) is 0.864. The van der Waals surface area contributed by atoms with E-state index in [0.717, 1.165) is 23.3 Å². The summed E-state index contributed by atoms with van der Waals surface area (Å²) in [6, 6.07) is 3.77. The van der Waals surface area contributed by atoms with Crippen molar-refractivity contribution in [2.75, 3.05) is 5.32 Å². The van der Waals surface area contributed by atoms with Gasteiger partial charge in [-0.15, -0.1) is 0 Å². The van der Waals surface area contributed by atoms with Crippen molar-refractivity contribution < 1.29 is 4.39 Å². The van der Waals surface area contributed by atoms with E-state index in [1.165, 1.54) is 0 Å². The van der Waals surface area contributed by atoms with Crippen molar-refractivity contribution in [3.63, 3.8) is 0 Å². The molecule has 88 valence electrons. The highest BCUT2D eigenvalue weighted by Crippen LogP contribution is 2.15. The fourth-order valence-corrected chi connectivity index (χ4v) is 1.55. The van der Waals surface area contributed by atoms with Crippen molar-refractivity contribution in [1.29, 1.82) is 0 Å². The minimum absolute atomic E-state index is 0.324. The highest BCUT2D eigenvalue weighted by Gasteiger charge is 2.03. The number of anilines is 2. The number of aromatic nitrogens is 3. The second-order valence-corrected chi connectivity index (χ2v) is 3.89. The molecule has 5 heteroatoms. The summed E-state index contributed by atoms with van der Waals surface area (Å²) in [5.41, 5.74) is 2.99. The van der Waals surface area contributed by atoms with E-state index in [1.54, 1.807) is 6.92 Å². The Morgan fingerprint density at radius 1 is 1.06 bits per heavy atom. The van der Waals surface area contributed by atoms with Gasteiger partial charge in [-0.05, 0) is 32.9 Å². The third kappa shape index (κ3) is 2.75. The summed E-state index contributed by atoms with van der Waals surface area (Å²) < 4.78 is 13.0. The van der Waals surface area contributed by atoms with Crippen LogP contribution in [0.3, 0.4) is 0 Å². The Hall–Kier alpha value is -2.04. The van der Waals surface area contributed by atoms with Gasteiger partial charge in [0.2, 0.25) is 5.95 Å². The molecule has 2 rings (SSSR count). The molecule has 0 aliphatic rings. The van der Waals surface area contributed by atoms with Gasteiger partial charge in [0.05, 0.1) is 11.9 Å². The number of aryl methyl sites for hydroxylation is 3. The smallest absolute Gasteiger partial charge is 0.227 e. The van der Waals surface area contributed by atoms with E-state index in [-0.39, 0.29) is 0 Å². The summed E-state index contributed by atoms with van der Waals surface area (Å²) >= 11 is 0. The molecule has 4 nitrogen and oxygen atoms in total. The lowest BCUT2D eigenvalue weighted by molar-refractivity contribution is 0.602. The minimum Gasteiger partial charge on any atom is -0.324 e. The zero-order chi connectivity index (χ0) is 12.4. The average molecular weight is 232 g/mol. The van der Waals surface area contributed by atoms with Crippen LogP contribution in [0.15, 0.2) is 18.3 Å². The van der Waals surface area contributed by atoms with Gasteiger partial charge < -0.3 is 5.32 Å². The molecule has 0 saturated carbocycles. The van der Waals surface area contributed by atoms with Crippen molar-refractivity contribution in [2.45, 2.75) is 20.8 Å². The lowest BCUT2D eigenvalue weighted by Crippen LogP contribution is -2.01. The third-order valence-electron chi connectivity index (χ3n) is 2.26. The molecule has 0 amide bonds. The molecule has 0 spiro atoms. The van der Waals surface area contributed by atoms with Gasteiger partial charge in [0.25, 0.3) is 0 Å². The molecular formula is C12H13FN4. The van der Waals surface area contributed by atoms with Gasteiger partial charge in [-0.2, -0.15) is 0 Å². The Balaban J connectivity index is 2.28. The monoisotopic (exact) mass is 232 g/mol. The van der Waals surface area contributed by atoms with Crippen LogP contribution in [0.2, 0.25) is 0 Å². The third-order valence-corrected chi connectivity index (χ3v) is 2.26. The van der Waals surface area contributed by atoms with Crippen LogP contribution in [0.5, 0.6) is 0 Å². The fourth-order valence-electron chi connectivity index (χ4n) is 1.55. The lowest BCUT2D eigenvalue weighted by Gasteiger charge is -2.07. The first-order valence-electron chi connectivity index (χ1n) is 5.26. The maximum atomic E-state index is 13.0. The van der Waals surface area contributed by atoms with E-state index < -0.39 is 5.82 Å². The minimum atomic E-state index is -0.405. The molecule has 2 aromatic rings. The van der Waals surface area contributed by atoms with Crippen LogP contribution >= 0.6 is 0 Å². The van der Waals surface area contributed by atoms with Crippen molar-refractivity contribution in [3.05, 3.63) is 41.2 Å². The summed E-state index contributed by atoms with van der Waals surface area (Å²) in [4.78, 5) is 12.2.